The second kappa shape index (κ2) is 7.96. The van der Waals surface area contributed by atoms with Crippen LogP contribution in [0.1, 0.15) is 42.9 Å². The predicted molar refractivity (Wildman–Crippen MR) is 94.2 cm³/mol. The molecule has 1 aliphatic rings. The van der Waals surface area contributed by atoms with Crippen molar-refractivity contribution in [2.75, 3.05) is 11.9 Å². The molecule has 1 aromatic heterocycles. The maximum absolute atomic E-state index is 12.0. The SMILES string of the molecule is Cc1ccc(CC(=O)OCC(=O)Nc2ccnn2C2CCCC2)cc1. The standard InChI is InChI=1S/C19H23N3O3/c1-14-6-8-15(9-7-14)12-19(24)25-13-18(23)21-17-10-11-20-22(17)16-4-2-3-5-16/h6-11,16H,2-5,12-13H2,1H3,(H,21,23). The van der Waals surface area contributed by atoms with E-state index in [2.05, 4.69) is 10.4 Å². The molecule has 6 nitrogen and oxygen atoms in total. The van der Waals surface area contributed by atoms with E-state index < -0.39 is 5.97 Å². The molecular weight excluding hydrogens is 318 g/mol. The molecule has 1 amide bonds. The molecular formula is C19H23N3O3. The molecule has 0 radical (unpaired) electrons. The van der Waals surface area contributed by atoms with E-state index in [0.717, 1.165) is 24.0 Å². The van der Waals surface area contributed by atoms with Crippen LogP contribution in [0.2, 0.25) is 0 Å². The predicted octanol–water partition coefficient (Wildman–Crippen LogP) is 3.03. The third kappa shape index (κ3) is 4.68. The van der Waals surface area contributed by atoms with Crippen molar-refractivity contribution in [1.82, 2.24) is 9.78 Å². The number of hydrogen-bond donors (Lipinski definition) is 1. The van der Waals surface area contributed by atoms with Gasteiger partial charge in [-0.25, -0.2) is 4.68 Å². The highest BCUT2D eigenvalue weighted by molar-refractivity contribution is 5.92. The van der Waals surface area contributed by atoms with E-state index >= 15 is 0 Å². The molecule has 1 heterocycles. The van der Waals surface area contributed by atoms with Crippen LogP contribution < -0.4 is 5.32 Å². The zero-order valence-corrected chi connectivity index (χ0v) is 14.4. The summed E-state index contributed by atoms with van der Waals surface area (Å²) in [5, 5.41) is 7.08. The molecule has 0 spiro atoms. The summed E-state index contributed by atoms with van der Waals surface area (Å²) >= 11 is 0. The Bertz CT molecular complexity index is 731. The molecule has 0 saturated heterocycles. The lowest BCUT2D eigenvalue weighted by Crippen LogP contribution is -2.23. The number of carbonyl (C=O) groups excluding carboxylic acids is 2. The van der Waals surface area contributed by atoms with Crippen molar-refractivity contribution in [3.05, 3.63) is 47.7 Å². The van der Waals surface area contributed by atoms with Crippen molar-refractivity contribution in [3.63, 3.8) is 0 Å². The molecule has 1 aliphatic carbocycles. The molecule has 132 valence electrons. The second-order valence-corrected chi connectivity index (χ2v) is 6.47. The van der Waals surface area contributed by atoms with Crippen LogP contribution in [-0.2, 0) is 20.7 Å². The average Bonchev–Trinajstić information content (AvgIpc) is 3.26. The summed E-state index contributed by atoms with van der Waals surface area (Å²) < 4.78 is 6.93. The first-order valence-electron chi connectivity index (χ1n) is 8.66. The van der Waals surface area contributed by atoms with Crippen LogP contribution in [0, 0.1) is 6.92 Å². The van der Waals surface area contributed by atoms with Gasteiger partial charge in [0.25, 0.3) is 5.91 Å². The Hall–Kier alpha value is -2.63. The summed E-state index contributed by atoms with van der Waals surface area (Å²) in [5.74, 6) is -0.105. The van der Waals surface area contributed by atoms with Gasteiger partial charge >= 0.3 is 5.97 Å². The lowest BCUT2D eigenvalue weighted by molar-refractivity contribution is -0.146. The van der Waals surface area contributed by atoms with Crippen molar-refractivity contribution >= 4 is 17.7 Å². The zero-order chi connectivity index (χ0) is 17.6. The van der Waals surface area contributed by atoms with E-state index in [1.54, 1.807) is 12.3 Å². The number of rotatable bonds is 6. The third-order valence-electron chi connectivity index (χ3n) is 4.44. The Labute approximate surface area is 147 Å². The number of anilines is 1. The van der Waals surface area contributed by atoms with Gasteiger partial charge in [0.05, 0.1) is 18.7 Å². The van der Waals surface area contributed by atoms with E-state index in [9.17, 15) is 9.59 Å². The van der Waals surface area contributed by atoms with Gasteiger partial charge in [-0.1, -0.05) is 42.7 Å². The van der Waals surface area contributed by atoms with E-state index in [-0.39, 0.29) is 18.9 Å². The van der Waals surface area contributed by atoms with E-state index in [1.807, 2.05) is 35.9 Å². The number of aromatic nitrogens is 2. The number of carbonyl (C=O) groups is 2. The second-order valence-electron chi connectivity index (χ2n) is 6.47. The van der Waals surface area contributed by atoms with Gasteiger partial charge in [-0.05, 0) is 25.3 Å². The third-order valence-corrected chi connectivity index (χ3v) is 4.44. The number of aryl methyl sites for hydroxylation is 1. The number of hydrogen-bond acceptors (Lipinski definition) is 4. The first kappa shape index (κ1) is 17.2. The Balaban J connectivity index is 1.47. The minimum absolute atomic E-state index is 0.160. The molecule has 1 saturated carbocycles. The molecule has 6 heteroatoms. The monoisotopic (exact) mass is 341 g/mol. The minimum Gasteiger partial charge on any atom is -0.455 e. The van der Waals surface area contributed by atoms with Crippen LogP contribution in [0.25, 0.3) is 0 Å². The summed E-state index contributed by atoms with van der Waals surface area (Å²) in [6.07, 6.45) is 6.38. The van der Waals surface area contributed by atoms with Gasteiger partial charge in [0.15, 0.2) is 6.61 Å². The van der Waals surface area contributed by atoms with Gasteiger partial charge in [-0.15, -0.1) is 0 Å². The van der Waals surface area contributed by atoms with Crippen LogP contribution in [0.15, 0.2) is 36.5 Å². The van der Waals surface area contributed by atoms with Crippen molar-refractivity contribution in [1.29, 1.82) is 0 Å². The van der Waals surface area contributed by atoms with Gasteiger partial charge in [-0.3, -0.25) is 9.59 Å². The van der Waals surface area contributed by atoms with Gasteiger partial charge < -0.3 is 10.1 Å². The minimum atomic E-state index is -0.414. The molecule has 1 fully saturated rings. The van der Waals surface area contributed by atoms with E-state index in [0.29, 0.717) is 11.9 Å². The highest BCUT2D eigenvalue weighted by atomic mass is 16.5. The summed E-state index contributed by atoms with van der Waals surface area (Å²) in [4.78, 5) is 23.9. The van der Waals surface area contributed by atoms with Crippen LogP contribution in [0.3, 0.4) is 0 Å². The number of ether oxygens (including phenoxy) is 1. The van der Waals surface area contributed by atoms with Crippen molar-refractivity contribution in [2.45, 2.75) is 45.1 Å². The van der Waals surface area contributed by atoms with Gasteiger partial charge in [0.2, 0.25) is 0 Å². The molecule has 1 aromatic carbocycles. The van der Waals surface area contributed by atoms with Crippen LogP contribution in [0.5, 0.6) is 0 Å². The number of nitrogens with one attached hydrogen (secondary N) is 1. The Morgan fingerprint density at radius 1 is 1.20 bits per heavy atom. The van der Waals surface area contributed by atoms with E-state index in [4.69, 9.17) is 4.74 Å². The lowest BCUT2D eigenvalue weighted by atomic mass is 10.1. The Morgan fingerprint density at radius 2 is 1.92 bits per heavy atom. The first-order chi connectivity index (χ1) is 12.1. The van der Waals surface area contributed by atoms with Crippen LogP contribution in [-0.4, -0.2) is 28.3 Å². The molecule has 0 atom stereocenters. The summed E-state index contributed by atoms with van der Waals surface area (Å²) in [5.41, 5.74) is 2.01. The number of amides is 1. The summed E-state index contributed by atoms with van der Waals surface area (Å²) in [6, 6.07) is 9.77. The van der Waals surface area contributed by atoms with Crippen molar-refractivity contribution < 1.29 is 14.3 Å². The average molecular weight is 341 g/mol. The van der Waals surface area contributed by atoms with Crippen LogP contribution in [0.4, 0.5) is 5.82 Å². The number of benzene rings is 1. The van der Waals surface area contributed by atoms with E-state index in [1.165, 1.54) is 12.8 Å². The van der Waals surface area contributed by atoms with Gasteiger partial charge in [-0.2, -0.15) is 5.10 Å². The highest BCUT2D eigenvalue weighted by Crippen LogP contribution is 2.31. The fourth-order valence-corrected chi connectivity index (χ4v) is 3.10. The number of esters is 1. The van der Waals surface area contributed by atoms with Crippen molar-refractivity contribution in [2.24, 2.45) is 0 Å². The summed E-state index contributed by atoms with van der Waals surface area (Å²) in [6.45, 7) is 1.70. The molecule has 3 rings (SSSR count). The smallest absolute Gasteiger partial charge is 0.310 e. The van der Waals surface area contributed by atoms with Crippen LogP contribution >= 0.6 is 0 Å². The molecule has 0 unspecified atom stereocenters. The fourth-order valence-electron chi connectivity index (χ4n) is 3.10. The van der Waals surface area contributed by atoms with Gasteiger partial charge in [0.1, 0.15) is 5.82 Å². The van der Waals surface area contributed by atoms with Crippen molar-refractivity contribution in [3.8, 4) is 0 Å². The topological polar surface area (TPSA) is 73.2 Å². The Kier molecular flexibility index (Phi) is 5.48. The largest absolute Gasteiger partial charge is 0.455 e. The molecule has 0 bridgehead atoms. The molecule has 1 N–H and O–H groups in total. The molecule has 0 aliphatic heterocycles. The highest BCUT2D eigenvalue weighted by Gasteiger charge is 2.20. The maximum atomic E-state index is 12.0. The zero-order valence-electron chi connectivity index (χ0n) is 14.4. The fraction of sp³-hybridized carbons (Fsp3) is 0.421. The lowest BCUT2D eigenvalue weighted by Gasteiger charge is -2.14. The maximum Gasteiger partial charge on any atom is 0.310 e. The normalized spacial score (nSPS) is 14.4. The first-order valence-corrected chi connectivity index (χ1v) is 8.66. The van der Waals surface area contributed by atoms with Gasteiger partial charge in [0, 0.05) is 6.07 Å². The molecule has 2 aromatic rings. The Morgan fingerprint density at radius 3 is 2.64 bits per heavy atom. The quantitative estimate of drug-likeness (QED) is 0.820. The summed E-state index contributed by atoms with van der Waals surface area (Å²) in [7, 11) is 0. The molecule has 25 heavy (non-hydrogen) atoms. The number of nitrogens with zero attached hydrogens (tertiary/aromatic N) is 2.